The minimum Gasteiger partial charge on any atom is -0.493 e. The highest BCUT2D eigenvalue weighted by Gasteiger charge is 2.16. The van der Waals surface area contributed by atoms with Gasteiger partial charge in [-0.25, -0.2) is 0 Å². The Labute approximate surface area is 201 Å². The van der Waals surface area contributed by atoms with Gasteiger partial charge in [-0.1, -0.05) is 12.1 Å². The van der Waals surface area contributed by atoms with Gasteiger partial charge in [0.2, 0.25) is 11.5 Å². The second kappa shape index (κ2) is 14.6. The maximum atomic E-state index is 5.53. The van der Waals surface area contributed by atoms with E-state index in [9.17, 15) is 0 Å². The lowest BCUT2D eigenvalue weighted by Crippen LogP contribution is -2.20. The van der Waals surface area contributed by atoms with E-state index in [2.05, 4.69) is 10.6 Å². The molecular formula is C24H36N2O6S. The highest BCUT2D eigenvalue weighted by Crippen LogP contribution is 2.40. The second-order valence-electron chi connectivity index (χ2n) is 6.95. The van der Waals surface area contributed by atoms with E-state index in [1.54, 1.807) is 42.7 Å². The molecule has 0 atom stereocenters. The van der Waals surface area contributed by atoms with Crippen LogP contribution >= 0.6 is 11.8 Å². The van der Waals surface area contributed by atoms with Gasteiger partial charge in [0.25, 0.3) is 0 Å². The van der Waals surface area contributed by atoms with Gasteiger partial charge in [0.1, 0.15) is 0 Å². The smallest absolute Gasteiger partial charge is 0.203 e. The number of rotatable bonds is 16. The Kier molecular flexibility index (Phi) is 11.9. The molecule has 0 aliphatic carbocycles. The topological polar surface area (TPSA) is 79.4 Å². The lowest BCUT2D eigenvalue weighted by atomic mass is 10.1. The molecule has 2 N–H and O–H groups in total. The Morgan fingerprint density at radius 3 is 1.27 bits per heavy atom. The van der Waals surface area contributed by atoms with Crippen LogP contribution in [0.15, 0.2) is 24.3 Å². The SMILES string of the molecule is COc1ccc(CNCCSCCNCc2ccc(OC)c(OC)c2OC)c(OC)c1OC. The molecule has 0 unspecified atom stereocenters. The Hall–Kier alpha value is -2.49. The second-order valence-corrected chi connectivity index (χ2v) is 8.18. The van der Waals surface area contributed by atoms with Crippen molar-refractivity contribution in [2.45, 2.75) is 13.1 Å². The molecule has 2 aromatic rings. The van der Waals surface area contributed by atoms with E-state index in [1.807, 2.05) is 36.0 Å². The van der Waals surface area contributed by atoms with Crippen molar-refractivity contribution in [2.24, 2.45) is 0 Å². The molecule has 0 aliphatic heterocycles. The van der Waals surface area contributed by atoms with Gasteiger partial charge >= 0.3 is 0 Å². The molecule has 0 amide bonds. The van der Waals surface area contributed by atoms with E-state index >= 15 is 0 Å². The predicted octanol–water partition coefficient (Wildman–Crippen LogP) is 3.35. The van der Waals surface area contributed by atoms with E-state index in [0.717, 1.165) is 35.7 Å². The first-order valence-corrected chi connectivity index (χ1v) is 11.8. The molecule has 2 rings (SSSR count). The maximum Gasteiger partial charge on any atom is 0.203 e. The van der Waals surface area contributed by atoms with E-state index < -0.39 is 0 Å². The number of hydrogen-bond donors (Lipinski definition) is 2. The summed E-state index contributed by atoms with van der Waals surface area (Å²) in [6, 6.07) is 7.78. The molecule has 0 heterocycles. The van der Waals surface area contributed by atoms with Crippen LogP contribution in [-0.4, -0.2) is 67.3 Å². The molecule has 0 spiro atoms. The van der Waals surface area contributed by atoms with Crippen molar-refractivity contribution in [1.29, 1.82) is 0 Å². The zero-order valence-corrected chi connectivity index (χ0v) is 21.2. The number of thioether (sulfide) groups is 1. The normalized spacial score (nSPS) is 10.6. The van der Waals surface area contributed by atoms with Crippen molar-refractivity contribution in [2.75, 3.05) is 67.3 Å². The Morgan fingerprint density at radius 1 is 0.545 bits per heavy atom. The number of benzene rings is 2. The van der Waals surface area contributed by atoms with Gasteiger partial charge in [-0.2, -0.15) is 11.8 Å². The van der Waals surface area contributed by atoms with Crippen molar-refractivity contribution in [3.63, 3.8) is 0 Å². The molecule has 0 saturated heterocycles. The summed E-state index contributed by atoms with van der Waals surface area (Å²) < 4.78 is 32.6. The molecule has 2 aromatic carbocycles. The van der Waals surface area contributed by atoms with Gasteiger partial charge in [0.05, 0.1) is 42.7 Å². The first-order chi connectivity index (χ1) is 16.1. The van der Waals surface area contributed by atoms with E-state index in [-0.39, 0.29) is 0 Å². The lowest BCUT2D eigenvalue weighted by Gasteiger charge is -2.16. The zero-order valence-electron chi connectivity index (χ0n) is 20.4. The van der Waals surface area contributed by atoms with Gasteiger partial charge in [0.15, 0.2) is 23.0 Å². The highest BCUT2D eigenvalue weighted by molar-refractivity contribution is 7.99. The van der Waals surface area contributed by atoms with Crippen LogP contribution in [0.25, 0.3) is 0 Å². The fourth-order valence-electron chi connectivity index (χ4n) is 3.44. The van der Waals surface area contributed by atoms with Gasteiger partial charge in [-0.05, 0) is 12.1 Å². The number of nitrogens with one attached hydrogen (secondary N) is 2. The Balaban J connectivity index is 1.69. The summed E-state index contributed by atoms with van der Waals surface area (Å²) in [6.07, 6.45) is 0. The van der Waals surface area contributed by atoms with Crippen LogP contribution in [0.3, 0.4) is 0 Å². The molecular weight excluding hydrogens is 444 g/mol. The summed E-state index contributed by atoms with van der Waals surface area (Å²) in [6.45, 7) is 3.18. The van der Waals surface area contributed by atoms with Crippen molar-refractivity contribution >= 4 is 11.8 Å². The fraction of sp³-hybridized carbons (Fsp3) is 0.500. The first kappa shape index (κ1) is 26.8. The fourth-order valence-corrected chi connectivity index (χ4v) is 4.22. The molecule has 0 saturated carbocycles. The number of hydrogen-bond acceptors (Lipinski definition) is 9. The Bertz CT molecular complexity index is 796. The van der Waals surface area contributed by atoms with Crippen LogP contribution in [0.2, 0.25) is 0 Å². The monoisotopic (exact) mass is 480 g/mol. The molecule has 33 heavy (non-hydrogen) atoms. The standard InChI is InChI=1S/C24H36N2O6S/c1-27-19-9-7-17(21(29-3)23(19)31-5)15-25-11-13-33-14-12-26-16-18-8-10-20(28-2)24(32-6)22(18)30-4/h7-10,25-26H,11-16H2,1-6H3. The van der Waals surface area contributed by atoms with Crippen LogP contribution in [-0.2, 0) is 13.1 Å². The summed E-state index contributed by atoms with van der Waals surface area (Å²) in [7, 11) is 9.74. The van der Waals surface area contributed by atoms with Gasteiger partial charge < -0.3 is 39.1 Å². The summed E-state index contributed by atoms with van der Waals surface area (Å²) in [4.78, 5) is 0. The van der Waals surface area contributed by atoms with E-state index in [1.165, 1.54) is 0 Å². The quantitative estimate of drug-likeness (QED) is 0.352. The largest absolute Gasteiger partial charge is 0.493 e. The summed E-state index contributed by atoms with van der Waals surface area (Å²) in [5.74, 6) is 5.97. The van der Waals surface area contributed by atoms with Gasteiger partial charge in [-0.15, -0.1) is 0 Å². The molecule has 184 valence electrons. The maximum absolute atomic E-state index is 5.53. The van der Waals surface area contributed by atoms with Crippen LogP contribution < -0.4 is 39.1 Å². The van der Waals surface area contributed by atoms with Crippen molar-refractivity contribution < 1.29 is 28.4 Å². The predicted molar refractivity (Wildman–Crippen MR) is 133 cm³/mol. The van der Waals surface area contributed by atoms with E-state index in [4.69, 9.17) is 28.4 Å². The van der Waals surface area contributed by atoms with Crippen LogP contribution in [0.4, 0.5) is 0 Å². The summed E-state index contributed by atoms with van der Waals surface area (Å²) >= 11 is 1.89. The van der Waals surface area contributed by atoms with Crippen LogP contribution in [0.5, 0.6) is 34.5 Å². The van der Waals surface area contributed by atoms with Crippen molar-refractivity contribution in [1.82, 2.24) is 10.6 Å². The van der Waals surface area contributed by atoms with Crippen LogP contribution in [0.1, 0.15) is 11.1 Å². The molecule has 0 bridgehead atoms. The number of ether oxygens (including phenoxy) is 6. The molecule has 0 aromatic heterocycles. The average Bonchev–Trinajstić information content (AvgIpc) is 2.86. The van der Waals surface area contributed by atoms with Gasteiger partial charge in [0, 0.05) is 48.8 Å². The van der Waals surface area contributed by atoms with E-state index in [0.29, 0.717) is 47.6 Å². The Morgan fingerprint density at radius 2 is 0.939 bits per heavy atom. The molecule has 8 nitrogen and oxygen atoms in total. The molecule has 9 heteroatoms. The van der Waals surface area contributed by atoms with Crippen molar-refractivity contribution in [3.05, 3.63) is 35.4 Å². The average molecular weight is 481 g/mol. The minimum absolute atomic E-state index is 0.617. The third-order valence-corrected chi connectivity index (χ3v) is 6.03. The third kappa shape index (κ3) is 7.25. The summed E-state index contributed by atoms with van der Waals surface area (Å²) in [5.41, 5.74) is 2.07. The summed E-state index contributed by atoms with van der Waals surface area (Å²) in [5, 5.41) is 6.92. The molecule has 0 radical (unpaired) electrons. The number of methoxy groups -OCH3 is 6. The molecule has 0 fully saturated rings. The van der Waals surface area contributed by atoms with Crippen molar-refractivity contribution in [3.8, 4) is 34.5 Å². The van der Waals surface area contributed by atoms with Gasteiger partial charge in [-0.3, -0.25) is 0 Å². The third-order valence-electron chi connectivity index (χ3n) is 5.05. The van der Waals surface area contributed by atoms with Crippen LogP contribution in [0, 0.1) is 0 Å². The highest BCUT2D eigenvalue weighted by atomic mass is 32.2. The lowest BCUT2D eigenvalue weighted by molar-refractivity contribution is 0.321. The minimum atomic E-state index is 0.617. The molecule has 0 aliphatic rings. The zero-order chi connectivity index (χ0) is 24.1. The first-order valence-electron chi connectivity index (χ1n) is 10.7.